The van der Waals surface area contributed by atoms with Gasteiger partial charge in [-0.2, -0.15) is 11.8 Å². The summed E-state index contributed by atoms with van der Waals surface area (Å²) in [6.07, 6.45) is -0.292. The van der Waals surface area contributed by atoms with Gasteiger partial charge in [-0.25, -0.2) is 0 Å². The third-order valence-corrected chi connectivity index (χ3v) is 10.5. The molecule has 0 saturated carbocycles. The fourth-order valence-electron chi connectivity index (χ4n) is 6.89. The predicted molar refractivity (Wildman–Crippen MR) is 178 cm³/mol. The van der Waals surface area contributed by atoms with Gasteiger partial charge in [-0.3, -0.25) is 4.79 Å². The molecule has 1 amide bonds. The fraction of sp³-hybridized carbons (Fsp3) is 0.486. The van der Waals surface area contributed by atoms with Gasteiger partial charge < -0.3 is 24.3 Å². The molecule has 0 spiro atoms. The van der Waals surface area contributed by atoms with Crippen LogP contribution in [0.1, 0.15) is 93.0 Å². The number of thioether (sulfide) groups is 1. The summed E-state index contributed by atoms with van der Waals surface area (Å²) in [6.45, 7) is 14.1. The normalized spacial score (nSPS) is 18.4. The van der Waals surface area contributed by atoms with E-state index in [0.29, 0.717) is 37.4 Å². The molecule has 0 radical (unpaired) electrons. The molecule has 0 aliphatic carbocycles. The molecule has 2 atom stereocenters. The number of benzene rings is 3. The van der Waals surface area contributed by atoms with Crippen LogP contribution in [0.15, 0.2) is 42.5 Å². The number of nitrogens with one attached hydrogen (secondary N) is 1. The number of halogens is 2. The Kier molecular flexibility index (Phi) is 8.68. The molecule has 2 unspecified atom stereocenters. The Balaban J connectivity index is 1.40. The van der Waals surface area contributed by atoms with Crippen molar-refractivity contribution in [3.8, 4) is 23.0 Å². The molecule has 6 rings (SSSR count). The van der Waals surface area contributed by atoms with Gasteiger partial charge in [0, 0.05) is 33.9 Å². The van der Waals surface area contributed by atoms with Crippen LogP contribution in [0.2, 0.25) is 0 Å². The highest BCUT2D eigenvalue weighted by Gasteiger charge is 2.45. The summed E-state index contributed by atoms with van der Waals surface area (Å²) >= 11 is 1.68. The number of anilines is 1. The summed E-state index contributed by atoms with van der Waals surface area (Å²) in [6, 6.07) is 13.8. The van der Waals surface area contributed by atoms with E-state index in [-0.39, 0.29) is 33.5 Å². The van der Waals surface area contributed by atoms with Crippen molar-refractivity contribution >= 4 is 23.4 Å². The largest absolute Gasteiger partial charge is 0.586 e. The topological polar surface area (TPSA) is 66.0 Å². The Morgan fingerprint density at radius 3 is 2.41 bits per heavy atom. The van der Waals surface area contributed by atoms with Crippen LogP contribution < -0.4 is 24.3 Å². The Morgan fingerprint density at radius 1 is 0.913 bits per heavy atom. The van der Waals surface area contributed by atoms with Crippen LogP contribution in [-0.2, 0) is 34.9 Å². The highest BCUT2D eigenvalue weighted by atomic mass is 32.2. The van der Waals surface area contributed by atoms with Crippen LogP contribution in [0, 0.1) is 0 Å². The van der Waals surface area contributed by atoms with Crippen molar-refractivity contribution in [2.24, 2.45) is 0 Å². The van der Waals surface area contributed by atoms with E-state index in [9.17, 15) is 13.6 Å². The highest BCUT2D eigenvalue weighted by Crippen LogP contribution is 2.50. The molecule has 6 nitrogen and oxygen atoms in total. The number of carbonyl (C=O) groups is 1. The summed E-state index contributed by atoms with van der Waals surface area (Å²) < 4.78 is 50.4. The van der Waals surface area contributed by atoms with Gasteiger partial charge in [0.15, 0.2) is 23.0 Å². The number of hydrogen-bond acceptors (Lipinski definition) is 6. The number of ether oxygens (including phenoxy) is 4. The van der Waals surface area contributed by atoms with Crippen LogP contribution in [0.3, 0.4) is 0 Å². The van der Waals surface area contributed by atoms with E-state index in [1.165, 1.54) is 17.2 Å². The molecule has 3 aromatic rings. The second-order valence-corrected chi connectivity index (χ2v) is 15.2. The quantitative estimate of drug-likeness (QED) is 0.249. The van der Waals surface area contributed by atoms with Crippen molar-refractivity contribution in [3.63, 3.8) is 0 Å². The summed E-state index contributed by atoms with van der Waals surface area (Å²) in [5.41, 5.74) is 6.92. The number of alkyl halides is 2. The molecule has 46 heavy (non-hydrogen) atoms. The molecule has 246 valence electrons. The lowest BCUT2D eigenvalue weighted by molar-refractivity contribution is -0.286. The van der Waals surface area contributed by atoms with E-state index in [1.807, 2.05) is 12.1 Å². The van der Waals surface area contributed by atoms with Crippen molar-refractivity contribution in [3.05, 3.63) is 75.8 Å². The predicted octanol–water partition coefficient (Wildman–Crippen LogP) is 8.91. The van der Waals surface area contributed by atoms with Crippen LogP contribution >= 0.6 is 11.8 Å². The van der Waals surface area contributed by atoms with Crippen LogP contribution in [0.5, 0.6) is 23.0 Å². The first kappa shape index (κ1) is 32.5. The number of fused-ring (bicyclic) bond motifs is 3. The smallest absolute Gasteiger partial charge is 0.486 e. The van der Waals surface area contributed by atoms with Gasteiger partial charge >= 0.3 is 6.29 Å². The third kappa shape index (κ3) is 6.40. The number of para-hydroxylation sites is 1. The van der Waals surface area contributed by atoms with Crippen molar-refractivity contribution < 1.29 is 32.5 Å². The molecular weight excluding hydrogens is 608 g/mol. The molecule has 3 aliphatic rings. The van der Waals surface area contributed by atoms with Gasteiger partial charge in [0.05, 0.1) is 0 Å². The molecule has 3 aliphatic heterocycles. The van der Waals surface area contributed by atoms with Crippen LogP contribution in [0.25, 0.3) is 0 Å². The van der Waals surface area contributed by atoms with Gasteiger partial charge in [0.1, 0.15) is 13.2 Å². The minimum absolute atomic E-state index is 0.0549. The molecule has 0 aromatic heterocycles. The molecule has 0 saturated heterocycles. The van der Waals surface area contributed by atoms with Gasteiger partial charge in [-0.1, -0.05) is 65.8 Å². The Hall–Kier alpha value is -3.46. The van der Waals surface area contributed by atoms with E-state index >= 15 is 0 Å². The second-order valence-electron chi connectivity index (χ2n) is 13.7. The highest BCUT2D eigenvalue weighted by molar-refractivity contribution is 7.99. The summed E-state index contributed by atoms with van der Waals surface area (Å²) in [7, 11) is 0. The maximum absolute atomic E-state index is 14.1. The first-order chi connectivity index (χ1) is 21.8. The lowest BCUT2D eigenvalue weighted by Gasteiger charge is -2.35. The summed E-state index contributed by atoms with van der Waals surface area (Å²) in [5, 5.41) is 2.98. The zero-order valence-corrected chi connectivity index (χ0v) is 28.3. The maximum atomic E-state index is 14.1. The number of hydrogen-bond donors (Lipinski definition) is 1. The van der Waals surface area contributed by atoms with E-state index in [0.717, 1.165) is 53.1 Å². The first-order valence-electron chi connectivity index (χ1n) is 16.2. The zero-order chi connectivity index (χ0) is 32.9. The van der Waals surface area contributed by atoms with Crippen LogP contribution in [-0.4, -0.2) is 31.2 Å². The molecular formula is C37H43F2NO5S. The fourth-order valence-corrected chi connectivity index (χ4v) is 7.97. The first-order valence-corrected chi connectivity index (χ1v) is 17.2. The van der Waals surface area contributed by atoms with E-state index in [2.05, 4.69) is 65.1 Å². The molecule has 0 fully saturated rings. The average Bonchev–Trinajstić information content (AvgIpc) is 3.33. The number of rotatable bonds is 9. The number of amides is 1. The van der Waals surface area contributed by atoms with Crippen molar-refractivity contribution in [2.45, 2.75) is 96.0 Å². The van der Waals surface area contributed by atoms with E-state index < -0.39 is 6.29 Å². The average molecular weight is 652 g/mol. The lowest BCUT2D eigenvalue weighted by Crippen LogP contribution is -2.29. The maximum Gasteiger partial charge on any atom is 0.586 e. The summed E-state index contributed by atoms with van der Waals surface area (Å²) in [5.74, 6) is 2.47. The minimum atomic E-state index is -3.68. The van der Waals surface area contributed by atoms with Gasteiger partial charge in [-0.05, 0) is 77.3 Å². The SMILES string of the molecule is CCSC(Cc1cc2c(c(C(C)(CC)Cc3cc4c(c(C(C)(C)C)c3)CCC(=O)N4)c1)OCCO2)c1cccc2c1OC(F)(F)O2. The van der Waals surface area contributed by atoms with Crippen LogP contribution in [0.4, 0.5) is 14.5 Å². The lowest BCUT2D eigenvalue weighted by atomic mass is 9.72. The van der Waals surface area contributed by atoms with E-state index in [1.54, 1.807) is 17.8 Å². The zero-order valence-electron chi connectivity index (χ0n) is 27.5. The molecule has 3 heterocycles. The molecule has 9 heteroatoms. The standard InChI is InChI=1S/C37H43F2NO5S/c1-7-36(6,21-23-17-26(35(3,4)5)24-12-13-32(41)40-28(24)18-23)27-16-22(19-30-34(27)43-15-14-42-30)20-31(46-8-2)25-10-9-11-29-33(25)45-37(38,39)44-29/h9-11,16-19,31H,7-8,12-15,20-21H2,1-6H3,(H,40,41). The monoisotopic (exact) mass is 651 g/mol. The molecule has 0 bridgehead atoms. The Bertz CT molecular complexity index is 1650. The Labute approximate surface area is 274 Å². The van der Waals surface area contributed by atoms with Gasteiger partial charge in [0.25, 0.3) is 0 Å². The second kappa shape index (κ2) is 12.3. The molecule has 3 aromatic carbocycles. The van der Waals surface area contributed by atoms with Gasteiger partial charge in [-0.15, -0.1) is 8.78 Å². The molecule has 1 N–H and O–H groups in total. The Morgan fingerprint density at radius 2 is 1.67 bits per heavy atom. The third-order valence-electron chi connectivity index (χ3n) is 9.32. The minimum Gasteiger partial charge on any atom is -0.486 e. The number of carbonyl (C=O) groups excluding carboxylic acids is 1. The van der Waals surface area contributed by atoms with Crippen molar-refractivity contribution in [2.75, 3.05) is 24.3 Å². The van der Waals surface area contributed by atoms with Crippen molar-refractivity contribution in [1.29, 1.82) is 0 Å². The van der Waals surface area contributed by atoms with Crippen molar-refractivity contribution in [1.82, 2.24) is 0 Å². The van der Waals surface area contributed by atoms with E-state index in [4.69, 9.17) is 18.9 Å². The summed E-state index contributed by atoms with van der Waals surface area (Å²) in [4.78, 5) is 12.4. The van der Waals surface area contributed by atoms with Gasteiger partial charge in [0.2, 0.25) is 5.91 Å².